The van der Waals surface area contributed by atoms with Gasteiger partial charge in [0, 0.05) is 23.9 Å². The van der Waals surface area contributed by atoms with Gasteiger partial charge >= 0.3 is 0 Å². The fourth-order valence-corrected chi connectivity index (χ4v) is 3.57. The predicted octanol–water partition coefficient (Wildman–Crippen LogP) is 4.30. The molecule has 1 N–H and O–H groups in total. The SMILES string of the molecule is COc1cccc(C(=O)Nc2ccc3c(c2)OC(C)C(=O)N3CCc2ccccc2)c1. The lowest BCUT2D eigenvalue weighted by Gasteiger charge is -2.33. The molecule has 2 amide bonds. The Morgan fingerprint density at radius 1 is 1.06 bits per heavy atom. The molecule has 0 saturated carbocycles. The first-order valence-electron chi connectivity index (χ1n) is 10.2. The van der Waals surface area contributed by atoms with E-state index in [9.17, 15) is 9.59 Å². The Bertz CT molecular complexity index is 1100. The smallest absolute Gasteiger partial charge is 0.267 e. The molecule has 0 aliphatic carbocycles. The van der Waals surface area contributed by atoms with Crippen LogP contribution in [0.4, 0.5) is 11.4 Å². The Labute approximate surface area is 181 Å². The molecule has 3 aromatic carbocycles. The van der Waals surface area contributed by atoms with Gasteiger partial charge < -0.3 is 19.7 Å². The van der Waals surface area contributed by atoms with Crippen molar-refractivity contribution in [1.29, 1.82) is 0 Å². The minimum Gasteiger partial charge on any atom is -0.497 e. The molecule has 1 unspecified atom stereocenters. The molecule has 158 valence electrons. The average Bonchev–Trinajstić information content (AvgIpc) is 2.80. The Balaban J connectivity index is 1.53. The van der Waals surface area contributed by atoms with Crippen LogP contribution in [-0.2, 0) is 11.2 Å². The lowest BCUT2D eigenvalue weighted by Crippen LogP contribution is -2.45. The van der Waals surface area contributed by atoms with Crippen molar-refractivity contribution in [1.82, 2.24) is 0 Å². The highest BCUT2D eigenvalue weighted by Gasteiger charge is 2.31. The molecule has 0 spiro atoms. The fourth-order valence-electron chi connectivity index (χ4n) is 3.57. The summed E-state index contributed by atoms with van der Waals surface area (Å²) in [6.07, 6.45) is 0.153. The van der Waals surface area contributed by atoms with Crippen LogP contribution in [0, 0.1) is 0 Å². The zero-order valence-corrected chi connectivity index (χ0v) is 17.5. The highest BCUT2D eigenvalue weighted by molar-refractivity contribution is 6.05. The van der Waals surface area contributed by atoms with Gasteiger partial charge in [-0.2, -0.15) is 0 Å². The Morgan fingerprint density at radius 2 is 1.87 bits per heavy atom. The zero-order valence-electron chi connectivity index (χ0n) is 17.5. The van der Waals surface area contributed by atoms with Crippen LogP contribution >= 0.6 is 0 Å². The van der Waals surface area contributed by atoms with Gasteiger partial charge in [0.05, 0.1) is 12.8 Å². The molecule has 0 saturated heterocycles. The van der Waals surface area contributed by atoms with E-state index < -0.39 is 6.10 Å². The summed E-state index contributed by atoms with van der Waals surface area (Å²) in [7, 11) is 1.56. The first-order chi connectivity index (χ1) is 15.0. The number of carbonyl (C=O) groups excluding carboxylic acids is 2. The van der Waals surface area contributed by atoms with Gasteiger partial charge in [0.2, 0.25) is 0 Å². The van der Waals surface area contributed by atoms with E-state index >= 15 is 0 Å². The van der Waals surface area contributed by atoms with Gasteiger partial charge in [0.15, 0.2) is 6.10 Å². The van der Waals surface area contributed by atoms with E-state index in [4.69, 9.17) is 9.47 Å². The Hall–Kier alpha value is -3.80. The zero-order chi connectivity index (χ0) is 21.8. The van der Waals surface area contributed by atoms with Gasteiger partial charge in [-0.1, -0.05) is 36.4 Å². The average molecular weight is 416 g/mol. The first kappa shape index (κ1) is 20.5. The lowest BCUT2D eigenvalue weighted by molar-refractivity contribution is -0.125. The molecule has 4 rings (SSSR count). The maximum atomic E-state index is 12.7. The van der Waals surface area contributed by atoms with Crippen LogP contribution in [0.5, 0.6) is 11.5 Å². The van der Waals surface area contributed by atoms with Gasteiger partial charge in [-0.05, 0) is 49.2 Å². The summed E-state index contributed by atoms with van der Waals surface area (Å²) in [5.41, 5.74) is 2.96. The van der Waals surface area contributed by atoms with Crippen LogP contribution in [0.2, 0.25) is 0 Å². The van der Waals surface area contributed by atoms with E-state index in [1.54, 1.807) is 55.3 Å². The third kappa shape index (κ3) is 4.53. The standard InChI is InChI=1S/C25H24N2O4/c1-17-25(29)27(14-13-18-7-4-3-5-8-18)22-12-11-20(16-23(22)31-17)26-24(28)19-9-6-10-21(15-19)30-2/h3-12,15-17H,13-14H2,1-2H3,(H,26,28). The number of ether oxygens (including phenoxy) is 2. The van der Waals surface area contributed by atoms with Gasteiger partial charge in [-0.3, -0.25) is 9.59 Å². The molecule has 3 aromatic rings. The number of carbonyl (C=O) groups is 2. The van der Waals surface area contributed by atoms with Crippen molar-refractivity contribution < 1.29 is 19.1 Å². The molecule has 1 aliphatic rings. The minimum absolute atomic E-state index is 0.0726. The normalized spacial score (nSPS) is 15.1. The molecule has 6 nitrogen and oxygen atoms in total. The highest BCUT2D eigenvalue weighted by atomic mass is 16.5. The van der Waals surface area contributed by atoms with Crippen LogP contribution < -0.4 is 19.7 Å². The maximum absolute atomic E-state index is 12.7. The lowest BCUT2D eigenvalue weighted by atomic mass is 10.1. The molecule has 0 radical (unpaired) electrons. The highest BCUT2D eigenvalue weighted by Crippen LogP contribution is 2.36. The monoisotopic (exact) mass is 416 g/mol. The van der Waals surface area contributed by atoms with E-state index in [0.29, 0.717) is 35.0 Å². The van der Waals surface area contributed by atoms with Gasteiger partial charge in [0.25, 0.3) is 11.8 Å². The topological polar surface area (TPSA) is 67.9 Å². The van der Waals surface area contributed by atoms with Crippen molar-refractivity contribution in [2.45, 2.75) is 19.4 Å². The van der Waals surface area contributed by atoms with E-state index in [-0.39, 0.29) is 11.8 Å². The third-order valence-corrected chi connectivity index (χ3v) is 5.22. The van der Waals surface area contributed by atoms with Crippen molar-refractivity contribution in [3.05, 3.63) is 83.9 Å². The van der Waals surface area contributed by atoms with Crippen molar-refractivity contribution in [3.63, 3.8) is 0 Å². The molecule has 0 fully saturated rings. The molecule has 0 bridgehead atoms. The number of benzene rings is 3. The number of fused-ring (bicyclic) bond motifs is 1. The van der Waals surface area contributed by atoms with Crippen molar-refractivity contribution in [2.24, 2.45) is 0 Å². The second-order valence-electron chi connectivity index (χ2n) is 7.35. The molecule has 6 heteroatoms. The van der Waals surface area contributed by atoms with Gasteiger partial charge in [-0.15, -0.1) is 0 Å². The number of amides is 2. The molecule has 1 heterocycles. The predicted molar refractivity (Wildman–Crippen MR) is 120 cm³/mol. The number of anilines is 2. The van der Waals surface area contributed by atoms with E-state index in [1.807, 2.05) is 36.4 Å². The molecule has 31 heavy (non-hydrogen) atoms. The molecule has 0 aromatic heterocycles. The second-order valence-corrected chi connectivity index (χ2v) is 7.35. The summed E-state index contributed by atoms with van der Waals surface area (Å²) in [5, 5.41) is 2.88. The summed E-state index contributed by atoms with van der Waals surface area (Å²) >= 11 is 0. The van der Waals surface area contributed by atoms with Crippen LogP contribution in [-0.4, -0.2) is 31.6 Å². The summed E-state index contributed by atoms with van der Waals surface area (Å²) in [5.74, 6) is 0.864. The molecule has 1 aliphatic heterocycles. The molecular weight excluding hydrogens is 392 g/mol. The Morgan fingerprint density at radius 3 is 2.65 bits per heavy atom. The number of methoxy groups -OCH3 is 1. The van der Waals surface area contributed by atoms with E-state index in [2.05, 4.69) is 5.32 Å². The second kappa shape index (κ2) is 8.92. The first-order valence-corrected chi connectivity index (χ1v) is 10.2. The number of nitrogens with one attached hydrogen (secondary N) is 1. The fraction of sp³-hybridized carbons (Fsp3) is 0.200. The molecular formula is C25H24N2O4. The van der Waals surface area contributed by atoms with Crippen LogP contribution in [0.15, 0.2) is 72.8 Å². The maximum Gasteiger partial charge on any atom is 0.267 e. The van der Waals surface area contributed by atoms with Gasteiger partial charge in [0.1, 0.15) is 11.5 Å². The largest absolute Gasteiger partial charge is 0.497 e. The number of nitrogens with zero attached hydrogens (tertiary/aromatic N) is 1. The van der Waals surface area contributed by atoms with E-state index in [1.165, 1.54) is 0 Å². The summed E-state index contributed by atoms with van der Waals surface area (Å²) in [6, 6.07) is 22.3. The Kier molecular flexibility index (Phi) is 5.89. The molecule has 1 atom stereocenters. The number of hydrogen-bond acceptors (Lipinski definition) is 4. The summed E-state index contributed by atoms with van der Waals surface area (Å²) in [6.45, 7) is 2.29. The van der Waals surface area contributed by atoms with Crippen LogP contribution in [0.25, 0.3) is 0 Å². The van der Waals surface area contributed by atoms with Gasteiger partial charge in [-0.25, -0.2) is 0 Å². The van der Waals surface area contributed by atoms with Crippen molar-refractivity contribution >= 4 is 23.2 Å². The number of hydrogen-bond donors (Lipinski definition) is 1. The third-order valence-electron chi connectivity index (χ3n) is 5.22. The minimum atomic E-state index is -0.590. The summed E-state index contributed by atoms with van der Waals surface area (Å²) < 4.78 is 11.0. The van der Waals surface area contributed by atoms with Crippen LogP contribution in [0.3, 0.4) is 0 Å². The summed E-state index contributed by atoms with van der Waals surface area (Å²) in [4.78, 5) is 27.1. The van der Waals surface area contributed by atoms with Crippen molar-refractivity contribution in [3.8, 4) is 11.5 Å². The quantitative estimate of drug-likeness (QED) is 0.650. The van der Waals surface area contributed by atoms with E-state index in [0.717, 1.165) is 12.0 Å². The van der Waals surface area contributed by atoms with Crippen LogP contribution in [0.1, 0.15) is 22.8 Å². The van der Waals surface area contributed by atoms with Crippen molar-refractivity contribution in [2.75, 3.05) is 23.9 Å². The number of rotatable bonds is 6.